The Morgan fingerprint density at radius 2 is 1.64 bits per heavy atom. The number of ether oxygens (including phenoxy) is 3. The highest BCUT2D eigenvalue weighted by Crippen LogP contribution is 2.36. The van der Waals surface area contributed by atoms with Crippen LogP contribution in [0.4, 0.5) is 5.69 Å². The van der Waals surface area contributed by atoms with Crippen molar-refractivity contribution < 1.29 is 33.7 Å². The van der Waals surface area contributed by atoms with Crippen LogP contribution in [0.1, 0.15) is 123 Å². The summed E-state index contributed by atoms with van der Waals surface area (Å²) in [5.74, 6) is -0.164. The second-order valence-electron chi connectivity index (χ2n) is 21.5. The first-order valence-electron chi connectivity index (χ1n) is 26.8. The van der Waals surface area contributed by atoms with E-state index in [9.17, 15) is 24.3 Å². The molecule has 0 saturated carbocycles. The number of aromatic nitrogens is 2. The average molecular weight is 1060 g/mol. The summed E-state index contributed by atoms with van der Waals surface area (Å²) in [7, 11) is 0. The minimum absolute atomic E-state index is 0.102. The van der Waals surface area contributed by atoms with Crippen molar-refractivity contribution in [3.05, 3.63) is 134 Å². The predicted octanol–water partition coefficient (Wildman–Crippen LogP) is 9.26. The summed E-state index contributed by atoms with van der Waals surface area (Å²) in [6.45, 7) is 25.1. The van der Waals surface area contributed by atoms with Gasteiger partial charge in [0, 0.05) is 86.2 Å². The van der Waals surface area contributed by atoms with Crippen LogP contribution in [0.3, 0.4) is 0 Å². The molecule has 15 nitrogen and oxygen atoms in total. The molecule has 4 heterocycles. The zero-order chi connectivity index (χ0) is 54.7. The smallest absolute Gasteiger partial charge is 0.253 e. The average Bonchev–Trinajstić information content (AvgIpc) is 4.03. The topological polar surface area (TPSA) is 187 Å². The van der Waals surface area contributed by atoms with Gasteiger partial charge in [-0.2, -0.15) is 0 Å². The van der Waals surface area contributed by atoms with Gasteiger partial charge in [-0.25, -0.2) is 4.98 Å². The van der Waals surface area contributed by atoms with Gasteiger partial charge in [0.15, 0.2) is 0 Å². The van der Waals surface area contributed by atoms with Gasteiger partial charge in [0.2, 0.25) is 11.8 Å². The van der Waals surface area contributed by atoms with Crippen molar-refractivity contribution in [3.63, 3.8) is 0 Å². The number of benzene rings is 3. The number of nitrogens with one attached hydrogen (secondary N) is 4. The maximum atomic E-state index is 14.3. The molecule has 0 bridgehead atoms. The maximum absolute atomic E-state index is 14.3. The number of amides is 3. The van der Waals surface area contributed by atoms with Gasteiger partial charge < -0.3 is 50.1 Å². The minimum atomic E-state index is -0.851. The molecule has 3 aromatic carbocycles. The maximum Gasteiger partial charge on any atom is 0.253 e. The van der Waals surface area contributed by atoms with Crippen molar-refractivity contribution in [2.45, 2.75) is 138 Å². The second-order valence-corrected chi connectivity index (χ2v) is 22.3. The Morgan fingerprint density at radius 3 is 2.30 bits per heavy atom. The van der Waals surface area contributed by atoms with E-state index in [1.165, 1.54) is 0 Å². The van der Waals surface area contributed by atoms with Gasteiger partial charge in [0.25, 0.3) is 11.5 Å². The molecule has 0 unspecified atom stereocenters. The third-order valence-electron chi connectivity index (χ3n) is 14.7. The summed E-state index contributed by atoms with van der Waals surface area (Å²) in [5, 5.41) is 20.3. The third kappa shape index (κ3) is 14.6. The van der Waals surface area contributed by atoms with Crippen LogP contribution in [0.2, 0.25) is 0 Å². The molecule has 2 aliphatic rings. The largest absolute Gasteiger partial charge is 0.494 e. The number of aliphatic hydroxyl groups is 1. The molecular formula is C60H79N7O8S. The summed E-state index contributed by atoms with van der Waals surface area (Å²) >= 11 is 1.61. The van der Waals surface area contributed by atoms with E-state index in [1.54, 1.807) is 16.2 Å². The zero-order valence-corrected chi connectivity index (χ0v) is 46.8. The van der Waals surface area contributed by atoms with E-state index in [0.29, 0.717) is 49.7 Å². The number of aryl methyl sites for hydroxylation is 3. The number of H-pyrrole nitrogens is 1. The van der Waals surface area contributed by atoms with Crippen molar-refractivity contribution in [1.82, 2.24) is 30.8 Å². The lowest BCUT2D eigenvalue weighted by atomic mass is 9.85. The first-order chi connectivity index (χ1) is 36.3. The van der Waals surface area contributed by atoms with Crippen molar-refractivity contribution in [1.29, 1.82) is 0 Å². The molecule has 2 fully saturated rings. The molecule has 408 valence electrons. The number of hydrogen-bond acceptors (Lipinski definition) is 12. The number of aliphatic hydroxyl groups excluding tert-OH is 1. The van der Waals surface area contributed by atoms with Crippen molar-refractivity contribution >= 4 is 34.7 Å². The fraction of sp³-hybridized carbons (Fsp3) is 0.483. The first-order valence-corrected chi connectivity index (χ1v) is 27.7. The van der Waals surface area contributed by atoms with Crippen LogP contribution in [0.5, 0.6) is 5.75 Å². The number of carbonyl (C=O) groups excluding carboxylic acids is 3. The van der Waals surface area contributed by atoms with Crippen LogP contribution in [0.15, 0.2) is 89.3 Å². The number of carbonyl (C=O) groups is 3. The minimum Gasteiger partial charge on any atom is -0.494 e. The Morgan fingerprint density at radius 1 is 0.947 bits per heavy atom. The fourth-order valence-electron chi connectivity index (χ4n) is 10.3. The molecule has 3 amide bonds. The normalized spacial score (nSPS) is 16.7. The molecule has 7 rings (SSSR count). The molecule has 0 spiro atoms. The predicted molar refractivity (Wildman–Crippen MR) is 302 cm³/mol. The Balaban J connectivity index is 0.874. The number of unbranched alkanes of at least 4 members (excludes halogenated alkanes) is 2. The molecule has 2 saturated heterocycles. The van der Waals surface area contributed by atoms with E-state index < -0.39 is 23.6 Å². The van der Waals surface area contributed by atoms with Crippen molar-refractivity contribution in [3.8, 4) is 27.3 Å². The number of anilines is 1. The highest BCUT2D eigenvalue weighted by Gasteiger charge is 2.43. The Hall–Kier alpha value is -6.33. The summed E-state index contributed by atoms with van der Waals surface area (Å²) < 4.78 is 17.6. The number of pyridine rings is 1. The number of likely N-dealkylation sites (tertiary alicyclic amines) is 1. The highest BCUT2D eigenvalue weighted by atomic mass is 32.1. The molecule has 2 aliphatic heterocycles. The van der Waals surface area contributed by atoms with E-state index in [1.807, 2.05) is 97.3 Å². The van der Waals surface area contributed by atoms with Crippen molar-refractivity contribution in [2.75, 3.05) is 51.0 Å². The number of rotatable bonds is 23. The van der Waals surface area contributed by atoms with Crippen molar-refractivity contribution in [2.24, 2.45) is 5.41 Å². The van der Waals surface area contributed by atoms with Gasteiger partial charge in [0.1, 0.15) is 18.4 Å². The molecule has 16 heteroatoms. The van der Waals surface area contributed by atoms with Gasteiger partial charge >= 0.3 is 0 Å². The van der Waals surface area contributed by atoms with E-state index in [2.05, 4.69) is 74.7 Å². The van der Waals surface area contributed by atoms with E-state index >= 15 is 0 Å². The Kier molecular flexibility index (Phi) is 19.7. The fourth-order valence-corrected chi connectivity index (χ4v) is 11.1. The van der Waals surface area contributed by atoms with E-state index in [0.717, 1.165) is 99.7 Å². The van der Waals surface area contributed by atoms with Crippen LogP contribution in [0.25, 0.3) is 21.6 Å². The Labute approximate surface area is 452 Å². The summed E-state index contributed by atoms with van der Waals surface area (Å²) in [5.41, 5.74) is 11.3. The summed E-state index contributed by atoms with van der Waals surface area (Å²) in [6.07, 6.45) is 3.77. The van der Waals surface area contributed by atoms with E-state index in [4.69, 9.17) is 14.2 Å². The molecule has 5 N–H and O–H groups in total. The zero-order valence-electron chi connectivity index (χ0n) is 46.0. The summed E-state index contributed by atoms with van der Waals surface area (Å²) in [6, 6.07) is 21.1. The van der Waals surface area contributed by atoms with Crippen LogP contribution >= 0.6 is 11.3 Å². The number of hydrogen-bond donors (Lipinski definition) is 5. The molecule has 0 radical (unpaired) electrons. The SMILES string of the molecule is C=C(N[C@@H](C)c1ccc(-c2scnc2C)cc1)[C@@H]1C[C@@H](O)CN1C(=O)[C@@H](NC(=O)COCCCCCOc1ccc(-c2cc(C(=O)NCc3c(C)cc(C)[nH]c3=O)c(C)c(N(CC)C3CCOCC3)c2)cc1)C(C)(C)C. The lowest BCUT2D eigenvalue weighted by Gasteiger charge is -2.37. The lowest BCUT2D eigenvalue weighted by molar-refractivity contribution is -0.141. The lowest BCUT2D eigenvalue weighted by Crippen LogP contribution is -2.57. The van der Waals surface area contributed by atoms with Crippen LogP contribution in [-0.2, 0) is 25.6 Å². The number of β-amino-alcohol motifs (C(OH)–C–C–N with tert-alkyl or cyclic N) is 1. The van der Waals surface area contributed by atoms with E-state index in [-0.39, 0.29) is 55.1 Å². The van der Waals surface area contributed by atoms with Crippen LogP contribution < -0.4 is 31.1 Å². The quantitative estimate of drug-likeness (QED) is 0.0393. The third-order valence-corrected chi connectivity index (χ3v) is 15.6. The monoisotopic (exact) mass is 1060 g/mol. The molecular weight excluding hydrogens is 979 g/mol. The van der Waals surface area contributed by atoms with Crippen LogP contribution in [-0.4, -0.2) is 108 Å². The van der Waals surface area contributed by atoms with Crippen LogP contribution in [0, 0.1) is 33.1 Å². The first kappa shape index (κ1) is 57.4. The second kappa shape index (κ2) is 26.1. The van der Waals surface area contributed by atoms with Gasteiger partial charge in [-0.1, -0.05) is 63.7 Å². The number of nitrogens with zero attached hydrogens (tertiary/aromatic N) is 3. The number of aromatic amines is 1. The van der Waals surface area contributed by atoms with Gasteiger partial charge in [-0.3, -0.25) is 19.2 Å². The Bertz CT molecular complexity index is 2850. The molecule has 5 aromatic rings. The number of thiazole rings is 1. The van der Waals surface area contributed by atoms with Gasteiger partial charge in [0.05, 0.1) is 34.8 Å². The molecule has 0 aliphatic carbocycles. The summed E-state index contributed by atoms with van der Waals surface area (Å²) in [4.78, 5) is 66.7. The van der Waals surface area contributed by atoms with Gasteiger partial charge in [-0.05, 0) is 143 Å². The molecule has 2 aromatic heterocycles. The van der Waals surface area contributed by atoms with Gasteiger partial charge in [-0.15, -0.1) is 11.3 Å². The molecule has 4 atom stereocenters. The highest BCUT2D eigenvalue weighted by molar-refractivity contribution is 7.13. The standard InChI is InChI=1S/C60H79N7O8S/c1-11-66(47-23-27-73-28-24-47)52-31-46(30-50(39(52)4)57(70)61-33-51-37(2)29-38(3)63-58(51)71)44-19-21-49(22-20-44)75-26-14-12-13-25-74-35-54(69)65-56(60(8,9)10)59(72)67-34-48(68)32-53(67)41(6)64-40(5)43-15-17-45(18-16-43)55-42(7)62-36-76-55/h15-22,29-31,36,40,47-48,53,56,64,68H,6,11-14,23-28,32-35H2,1-5,7-10H3,(H,61,70)(H,63,71)(H,65,69)/t40-,48+,53-,56+/m0/s1. The molecule has 76 heavy (non-hydrogen) atoms.